The number of amides is 1. The van der Waals surface area contributed by atoms with Gasteiger partial charge in [-0.05, 0) is 25.1 Å². The third kappa shape index (κ3) is 2.50. The molecule has 6 nitrogen and oxygen atoms in total. The monoisotopic (exact) mass is 298 g/mol. The number of nitrogens with zero attached hydrogens (tertiary/aromatic N) is 2. The molecule has 0 fully saturated rings. The molecule has 112 valence electrons. The number of hydrogen-bond donors (Lipinski definition) is 0. The molecule has 0 spiro atoms. The molecule has 0 radical (unpaired) electrons. The van der Waals surface area contributed by atoms with Crippen LogP contribution in [0.25, 0.3) is 0 Å². The van der Waals surface area contributed by atoms with Crippen molar-refractivity contribution in [2.45, 2.75) is 13.0 Å². The zero-order valence-electron chi connectivity index (χ0n) is 11.9. The molecule has 2 aromatic rings. The van der Waals surface area contributed by atoms with Crippen LogP contribution in [-0.2, 0) is 0 Å². The topological polar surface area (TPSA) is 72.7 Å². The number of para-hydroxylation sites is 2. The van der Waals surface area contributed by atoms with Crippen LogP contribution in [0.1, 0.15) is 17.3 Å². The Morgan fingerprint density at radius 3 is 2.82 bits per heavy atom. The molecule has 1 amide bonds. The number of ether oxygens (including phenoxy) is 1. The van der Waals surface area contributed by atoms with E-state index in [4.69, 9.17) is 4.74 Å². The minimum atomic E-state index is -0.507. The highest BCUT2D eigenvalue weighted by molar-refractivity contribution is 6.07. The van der Waals surface area contributed by atoms with Crippen molar-refractivity contribution in [3.63, 3.8) is 0 Å². The second-order valence-electron chi connectivity index (χ2n) is 5.12. The number of non-ortho nitro benzene ring substituents is 1. The molecule has 0 saturated carbocycles. The molecule has 22 heavy (non-hydrogen) atoms. The van der Waals surface area contributed by atoms with Crippen LogP contribution in [0.5, 0.6) is 5.75 Å². The van der Waals surface area contributed by atoms with Crippen molar-refractivity contribution in [3.8, 4) is 5.75 Å². The SMILES string of the molecule is CC1CN(C(=O)c2cccc([N+](=O)[O-])c2)c2ccccc2O1. The first kappa shape index (κ1) is 14.1. The quantitative estimate of drug-likeness (QED) is 0.631. The summed E-state index contributed by atoms with van der Waals surface area (Å²) in [6.07, 6.45) is -0.141. The average Bonchev–Trinajstić information content (AvgIpc) is 2.53. The summed E-state index contributed by atoms with van der Waals surface area (Å²) in [5, 5.41) is 10.9. The smallest absolute Gasteiger partial charge is 0.270 e. The normalized spacial score (nSPS) is 16.6. The van der Waals surface area contributed by atoms with E-state index in [1.54, 1.807) is 23.1 Å². The molecule has 2 aromatic carbocycles. The first-order valence-electron chi connectivity index (χ1n) is 6.88. The summed E-state index contributed by atoms with van der Waals surface area (Å²) in [7, 11) is 0. The van der Waals surface area contributed by atoms with E-state index in [0.29, 0.717) is 18.0 Å². The van der Waals surface area contributed by atoms with Crippen LogP contribution in [0.15, 0.2) is 48.5 Å². The van der Waals surface area contributed by atoms with Gasteiger partial charge < -0.3 is 9.64 Å². The number of nitro benzene ring substituents is 1. The fraction of sp³-hybridized carbons (Fsp3) is 0.188. The van der Waals surface area contributed by atoms with E-state index in [-0.39, 0.29) is 23.3 Å². The fourth-order valence-electron chi connectivity index (χ4n) is 2.49. The summed E-state index contributed by atoms with van der Waals surface area (Å²) >= 11 is 0. The Labute approximate surface area is 127 Å². The van der Waals surface area contributed by atoms with E-state index in [0.717, 1.165) is 0 Å². The van der Waals surface area contributed by atoms with E-state index in [1.807, 2.05) is 19.1 Å². The summed E-state index contributed by atoms with van der Waals surface area (Å²) in [6, 6.07) is 13.0. The summed E-state index contributed by atoms with van der Waals surface area (Å²) in [4.78, 5) is 24.7. The average molecular weight is 298 g/mol. The zero-order valence-corrected chi connectivity index (χ0v) is 11.9. The Bertz CT molecular complexity index is 744. The van der Waals surface area contributed by atoms with Crippen LogP contribution >= 0.6 is 0 Å². The number of carbonyl (C=O) groups is 1. The largest absolute Gasteiger partial charge is 0.487 e. The van der Waals surface area contributed by atoms with E-state index < -0.39 is 4.92 Å². The molecular weight excluding hydrogens is 284 g/mol. The fourth-order valence-corrected chi connectivity index (χ4v) is 2.49. The highest BCUT2D eigenvalue weighted by Gasteiger charge is 2.28. The van der Waals surface area contributed by atoms with Crippen molar-refractivity contribution in [1.82, 2.24) is 0 Å². The van der Waals surface area contributed by atoms with Gasteiger partial charge in [-0.15, -0.1) is 0 Å². The van der Waals surface area contributed by atoms with Gasteiger partial charge >= 0.3 is 0 Å². The van der Waals surface area contributed by atoms with Gasteiger partial charge in [-0.3, -0.25) is 14.9 Å². The third-order valence-electron chi connectivity index (χ3n) is 3.47. The second-order valence-corrected chi connectivity index (χ2v) is 5.12. The molecule has 1 atom stereocenters. The minimum absolute atomic E-state index is 0.0968. The molecule has 0 saturated heterocycles. The van der Waals surface area contributed by atoms with Gasteiger partial charge in [-0.2, -0.15) is 0 Å². The van der Waals surface area contributed by atoms with Crippen LogP contribution in [-0.4, -0.2) is 23.5 Å². The van der Waals surface area contributed by atoms with Gasteiger partial charge in [0.1, 0.15) is 11.9 Å². The molecule has 6 heteroatoms. The first-order chi connectivity index (χ1) is 10.6. The summed E-state index contributed by atoms with van der Waals surface area (Å²) in [5.41, 5.74) is 0.871. The predicted octanol–water partition coefficient (Wildman–Crippen LogP) is 3.02. The summed E-state index contributed by atoms with van der Waals surface area (Å²) in [5.74, 6) is 0.367. The van der Waals surface area contributed by atoms with Crippen molar-refractivity contribution in [2.24, 2.45) is 0 Å². The molecule has 3 rings (SSSR count). The van der Waals surface area contributed by atoms with Gasteiger partial charge in [-0.25, -0.2) is 0 Å². The molecule has 1 aliphatic heterocycles. The Balaban J connectivity index is 1.99. The van der Waals surface area contributed by atoms with E-state index in [2.05, 4.69) is 0 Å². The van der Waals surface area contributed by atoms with Crippen LogP contribution < -0.4 is 9.64 Å². The molecule has 1 heterocycles. The van der Waals surface area contributed by atoms with Crippen molar-refractivity contribution < 1.29 is 14.5 Å². The van der Waals surface area contributed by atoms with Crippen molar-refractivity contribution in [2.75, 3.05) is 11.4 Å². The highest BCUT2D eigenvalue weighted by Crippen LogP contribution is 2.34. The molecule has 1 aliphatic rings. The van der Waals surface area contributed by atoms with Crippen LogP contribution in [0.3, 0.4) is 0 Å². The standard InChI is InChI=1S/C16H14N2O4/c1-11-10-17(14-7-2-3-8-15(14)22-11)16(19)12-5-4-6-13(9-12)18(20)21/h2-9,11H,10H2,1H3. The lowest BCUT2D eigenvalue weighted by molar-refractivity contribution is -0.384. The molecule has 1 unspecified atom stereocenters. The Kier molecular flexibility index (Phi) is 3.50. The Hall–Kier alpha value is -2.89. The van der Waals surface area contributed by atoms with Crippen LogP contribution in [0.2, 0.25) is 0 Å². The van der Waals surface area contributed by atoms with E-state index in [9.17, 15) is 14.9 Å². The minimum Gasteiger partial charge on any atom is -0.487 e. The maximum absolute atomic E-state index is 12.7. The van der Waals surface area contributed by atoms with Gasteiger partial charge in [0.25, 0.3) is 11.6 Å². The summed E-state index contributed by atoms with van der Waals surface area (Å²) < 4.78 is 5.71. The molecule has 0 N–H and O–H groups in total. The zero-order chi connectivity index (χ0) is 15.7. The summed E-state index contributed by atoms with van der Waals surface area (Å²) in [6.45, 7) is 2.28. The number of anilines is 1. The molecule has 0 aromatic heterocycles. The number of hydrogen-bond acceptors (Lipinski definition) is 4. The van der Waals surface area contributed by atoms with Gasteiger partial charge in [0.15, 0.2) is 0 Å². The lowest BCUT2D eigenvalue weighted by atomic mass is 10.1. The van der Waals surface area contributed by atoms with E-state index in [1.165, 1.54) is 18.2 Å². The van der Waals surface area contributed by atoms with Crippen molar-refractivity contribution in [3.05, 3.63) is 64.2 Å². The first-order valence-corrected chi connectivity index (χ1v) is 6.88. The molecule has 0 aliphatic carbocycles. The van der Waals surface area contributed by atoms with Gasteiger partial charge in [0, 0.05) is 17.7 Å². The van der Waals surface area contributed by atoms with Crippen molar-refractivity contribution in [1.29, 1.82) is 0 Å². The third-order valence-corrected chi connectivity index (χ3v) is 3.47. The van der Waals surface area contributed by atoms with Crippen molar-refractivity contribution >= 4 is 17.3 Å². The Morgan fingerprint density at radius 1 is 1.27 bits per heavy atom. The molecule has 0 bridgehead atoms. The predicted molar refractivity (Wildman–Crippen MR) is 81.3 cm³/mol. The lowest BCUT2D eigenvalue weighted by Gasteiger charge is -2.33. The number of rotatable bonds is 2. The van der Waals surface area contributed by atoms with Gasteiger partial charge in [0.2, 0.25) is 0 Å². The highest BCUT2D eigenvalue weighted by atomic mass is 16.6. The number of carbonyl (C=O) groups excluding carboxylic acids is 1. The van der Waals surface area contributed by atoms with E-state index >= 15 is 0 Å². The number of nitro groups is 1. The lowest BCUT2D eigenvalue weighted by Crippen LogP contribution is -2.42. The number of fused-ring (bicyclic) bond motifs is 1. The second kappa shape index (κ2) is 5.48. The van der Waals surface area contributed by atoms with Gasteiger partial charge in [0.05, 0.1) is 17.2 Å². The maximum Gasteiger partial charge on any atom is 0.270 e. The van der Waals surface area contributed by atoms with Crippen LogP contribution in [0.4, 0.5) is 11.4 Å². The van der Waals surface area contributed by atoms with Crippen LogP contribution in [0, 0.1) is 10.1 Å². The number of benzene rings is 2. The van der Waals surface area contributed by atoms with Gasteiger partial charge in [-0.1, -0.05) is 18.2 Å². The molecular formula is C16H14N2O4. The Morgan fingerprint density at radius 2 is 2.05 bits per heavy atom. The maximum atomic E-state index is 12.7.